The third kappa shape index (κ3) is 3.20. The van der Waals surface area contributed by atoms with Crippen LogP contribution in [0.1, 0.15) is 33.4 Å². The molecule has 0 atom stereocenters. The van der Waals surface area contributed by atoms with E-state index >= 15 is 0 Å². The average Bonchev–Trinajstić information content (AvgIpc) is 2.78. The van der Waals surface area contributed by atoms with E-state index in [0.717, 1.165) is 23.4 Å². The van der Waals surface area contributed by atoms with E-state index in [1.165, 1.54) is 33.4 Å². The molecule has 3 aromatic carbocycles. The summed E-state index contributed by atoms with van der Waals surface area (Å²) in [6.45, 7) is 2.13. The molecular weight excluding hydrogens is 324 g/mol. The van der Waals surface area contributed by atoms with E-state index in [4.69, 9.17) is 11.6 Å². The third-order valence-corrected chi connectivity index (χ3v) is 5.08. The lowest BCUT2D eigenvalue weighted by atomic mass is 9.94. The highest BCUT2D eigenvalue weighted by Gasteiger charge is 2.17. The number of hydrogen-bond acceptors (Lipinski definition) is 0. The first-order valence-corrected chi connectivity index (χ1v) is 8.99. The fourth-order valence-corrected chi connectivity index (χ4v) is 3.66. The van der Waals surface area contributed by atoms with Gasteiger partial charge in [-0.3, -0.25) is 0 Å². The van der Waals surface area contributed by atoms with Gasteiger partial charge in [-0.05, 0) is 71.4 Å². The highest BCUT2D eigenvalue weighted by atomic mass is 35.5. The summed E-state index contributed by atoms with van der Waals surface area (Å²) in [4.78, 5) is 0. The minimum atomic E-state index is 0.798. The molecule has 1 heteroatoms. The molecule has 0 aliphatic heterocycles. The van der Waals surface area contributed by atoms with Gasteiger partial charge in [-0.2, -0.15) is 0 Å². The lowest BCUT2D eigenvalue weighted by molar-refractivity contribution is 0.965. The maximum absolute atomic E-state index is 6.25. The van der Waals surface area contributed by atoms with Crippen LogP contribution in [0, 0.1) is 6.92 Å². The minimum Gasteiger partial charge on any atom is -0.111 e. The second-order valence-electron chi connectivity index (χ2n) is 6.48. The third-order valence-electron chi connectivity index (χ3n) is 4.85. The topological polar surface area (TPSA) is 0 Å². The van der Waals surface area contributed by atoms with Crippen molar-refractivity contribution in [3.8, 4) is 0 Å². The zero-order chi connectivity index (χ0) is 17.2. The summed E-state index contributed by atoms with van der Waals surface area (Å²) >= 11 is 6.25. The smallest absolute Gasteiger partial charge is 0.0409 e. The van der Waals surface area contributed by atoms with Crippen LogP contribution in [-0.4, -0.2) is 0 Å². The molecule has 3 aromatic rings. The molecule has 0 bridgehead atoms. The Kier molecular flexibility index (Phi) is 4.32. The van der Waals surface area contributed by atoms with E-state index in [1.807, 2.05) is 6.07 Å². The van der Waals surface area contributed by atoms with Crippen molar-refractivity contribution < 1.29 is 0 Å². The van der Waals surface area contributed by atoms with Gasteiger partial charge in [-0.15, -0.1) is 5.73 Å². The predicted octanol–water partition coefficient (Wildman–Crippen LogP) is 6.49. The lowest BCUT2D eigenvalue weighted by Crippen LogP contribution is -1.91. The number of fused-ring (bicyclic) bond motifs is 2. The fraction of sp³-hybridized carbons (Fsp3) is 0.125. The van der Waals surface area contributed by atoms with Crippen molar-refractivity contribution in [1.82, 2.24) is 0 Å². The molecule has 0 unspecified atom stereocenters. The van der Waals surface area contributed by atoms with Gasteiger partial charge in [0.15, 0.2) is 0 Å². The van der Waals surface area contributed by atoms with Gasteiger partial charge in [0, 0.05) is 10.6 Å². The van der Waals surface area contributed by atoms with Crippen LogP contribution in [0.2, 0.25) is 5.02 Å². The molecule has 25 heavy (non-hydrogen) atoms. The highest BCUT2D eigenvalue weighted by Crippen LogP contribution is 2.34. The molecule has 0 saturated heterocycles. The number of rotatable bonds is 1. The summed E-state index contributed by atoms with van der Waals surface area (Å²) in [7, 11) is 0. The molecule has 0 amide bonds. The van der Waals surface area contributed by atoms with Gasteiger partial charge < -0.3 is 0 Å². The maximum Gasteiger partial charge on any atom is 0.0409 e. The molecule has 0 N–H and O–H groups in total. The first kappa shape index (κ1) is 16.0. The molecular formula is C24H19Cl. The molecule has 0 aromatic heterocycles. The van der Waals surface area contributed by atoms with Crippen molar-refractivity contribution in [2.45, 2.75) is 19.8 Å². The summed E-state index contributed by atoms with van der Waals surface area (Å²) in [5, 5.41) is 0.798. The van der Waals surface area contributed by atoms with Crippen LogP contribution < -0.4 is 0 Å². The van der Waals surface area contributed by atoms with Crippen molar-refractivity contribution in [3.63, 3.8) is 0 Å². The summed E-state index contributed by atoms with van der Waals surface area (Å²) in [6.07, 6.45) is 4.13. The lowest BCUT2D eigenvalue weighted by Gasteiger charge is -2.09. The number of hydrogen-bond donors (Lipinski definition) is 0. The number of aryl methyl sites for hydroxylation is 3. The van der Waals surface area contributed by atoms with E-state index in [1.54, 1.807) is 0 Å². The van der Waals surface area contributed by atoms with Crippen LogP contribution in [0.4, 0.5) is 0 Å². The SMILES string of the molecule is Cc1ccccc1C=C=C1c2ccccc2CCc2cc(Cl)ccc21. The van der Waals surface area contributed by atoms with Crippen LogP contribution >= 0.6 is 11.6 Å². The molecule has 1 aliphatic carbocycles. The zero-order valence-electron chi connectivity index (χ0n) is 14.2. The van der Waals surface area contributed by atoms with E-state index < -0.39 is 0 Å². The fourth-order valence-electron chi connectivity index (χ4n) is 3.46. The quantitative estimate of drug-likeness (QED) is 0.443. The van der Waals surface area contributed by atoms with Gasteiger partial charge in [0.25, 0.3) is 0 Å². The van der Waals surface area contributed by atoms with Crippen molar-refractivity contribution in [2.75, 3.05) is 0 Å². The maximum atomic E-state index is 6.25. The normalized spacial score (nSPS) is 12.6. The minimum absolute atomic E-state index is 0.798. The Hall–Kier alpha value is -2.53. The number of halogens is 1. The molecule has 0 fully saturated rings. The Morgan fingerprint density at radius 1 is 0.840 bits per heavy atom. The molecule has 0 heterocycles. The summed E-state index contributed by atoms with van der Waals surface area (Å²) < 4.78 is 0. The Morgan fingerprint density at radius 3 is 2.44 bits per heavy atom. The van der Waals surface area contributed by atoms with Crippen LogP contribution in [0.3, 0.4) is 0 Å². The Bertz CT molecular complexity index is 1000. The van der Waals surface area contributed by atoms with Gasteiger partial charge in [0.2, 0.25) is 0 Å². The summed E-state index contributed by atoms with van der Waals surface area (Å²) in [5.41, 5.74) is 12.4. The molecule has 0 spiro atoms. The second kappa shape index (κ2) is 6.76. The van der Waals surface area contributed by atoms with Crippen molar-refractivity contribution in [2.24, 2.45) is 0 Å². The molecule has 0 radical (unpaired) electrons. The standard InChI is InChI=1S/C24H19Cl/c1-17-6-2-3-7-18(17)12-14-24-22-9-5-4-8-19(22)10-11-20-16-21(25)13-15-23(20)24/h2-9,12-13,15-16H,10-11H2,1H3. The Morgan fingerprint density at radius 2 is 1.56 bits per heavy atom. The van der Waals surface area contributed by atoms with Crippen molar-refractivity contribution in [1.29, 1.82) is 0 Å². The van der Waals surface area contributed by atoms with E-state index in [2.05, 4.69) is 79.4 Å². The Balaban J connectivity index is 1.97. The molecule has 0 saturated carbocycles. The molecule has 1 aliphatic rings. The van der Waals surface area contributed by atoms with Crippen LogP contribution in [0.5, 0.6) is 0 Å². The van der Waals surface area contributed by atoms with Crippen molar-refractivity contribution >= 4 is 23.3 Å². The second-order valence-corrected chi connectivity index (χ2v) is 6.92. The zero-order valence-corrected chi connectivity index (χ0v) is 15.0. The summed E-state index contributed by atoms with van der Waals surface area (Å²) in [6, 6.07) is 23.2. The van der Waals surface area contributed by atoms with E-state index in [0.29, 0.717) is 0 Å². The summed E-state index contributed by atoms with van der Waals surface area (Å²) in [5.74, 6) is 0. The van der Waals surface area contributed by atoms with Crippen molar-refractivity contribution in [3.05, 3.63) is 111 Å². The largest absolute Gasteiger partial charge is 0.111 e. The van der Waals surface area contributed by atoms with Gasteiger partial charge in [-0.1, -0.05) is 66.2 Å². The van der Waals surface area contributed by atoms with E-state index in [-0.39, 0.29) is 0 Å². The van der Waals surface area contributed by atoms with Gasteiger partial charge >= 0.3 is 0 Å². The molecule has 4 rings (SSSR count). The predicted molar refractivity (Wildman–Crippen MR) is 107 cm³/mol. The van der Waals surface area contributed by atoms with Crippen LogP contribution in [0.15, 0.2) is 72.5 Å². The van der Waals surface area contributed by atoms with Gasteiger partial charge in [0.1, 0.15) is 0 Å². The first-order chi connectivity index (χ1) is 12.2. The van der Waals surface area contributed by atoms with E-state index in [9.17, 15) is 0 Å². The molecule has 122 valence electrons. The Labute approximate surface area is 154 Å². The number of benzene rings is 3. The van der Waals surface area contributed by atoms with Crippen LogP contribution in [-0.2, 0) is 12.8 Å². The van der Waals surface area contributed by atoms with Crippen LogP contribution in [0.25, 0.3) is 11.6 Å². The molecule has 0 nitrogen and oxygen atoms in total. The average molecular weight is 343 g/mol. The first-order valence-electron chi connectivity index (χ1n) is 8.62. The van der Waals surface area contributed by atoms with Gasteiger partial charge in [0.05, 0.1) is 0 Å². The highest BCUT2D eigenvalue weighted by molar-refractivity contribution is 6.30. The monoisotopic (exact) mass is 342 g/mol. The van der Waals surface area contributed by atoms with Gasteiger partial charge in [-0.25, -0.2) is 0 Å².